The third kappa shape index (κ3) is 21.7. The van der Waals surface area contributed by atoms with Crippen molar-refractivity contribution >= 4 is 26.6 Å². The van der Waals surface area contributed by atoms with Crippen LogP contribution in [-0.4, -0.2) is 26.6 Å². The molecule has 4 heteroatoms. The molecule has 0 rings (SSSR count). The van der Waals surface area contributed by atoms with E-state index in [1.165, 1.54) is 6.08 Å². The first-order valence-electron chi connectivity index (χ1n) is 1.15. The summed E-state index contributed by atoms with van der Waals surface area (Å²) in [5, 5.41) is -0.176. The summed E-state index contributed by atoms with van der Waals surface area (Å²) in [5.41, 5.74) is 0. The monoisotopic (exact) mass is 166 g/mol. The van der Waals surface area contributed by atoms with Gasteiger partial charge in [-0.3, -0.25) is 0 Å². The van der Waals surface area contributed by atoms with Gasteiger partial charge in [-0.2, -0.15) is 0 Å². The second kappa shape index (κ2) is 9.61. The standard InChI is InChI=1S/C3H3OSi.Mn.Si/c1-2-3(4)5;;/h2H,1H2;;. The summed E-state index contributed by atoms with van der Waals surface area (Å²) in [6, 6.07) is 0. The van der Waals surface area contributed by atoms with Crippen LogP contribution < -0.4 is 0 Å². The molecule has 0 fully saturated rings. The van der Waals surface area contributed by atoms with Gasteiger partial charge in [0.05, 0.1) is 0 Å². The summed E-state index contributed by atoms with van der Waals surface area (Å²) >= 11 is 0. The Balaban J connectivity index is -0.0000000800. The second-order valence-corrected chi connectivity index (χ2v) is 1.06. The zero-order chi connectivity index (χ0) is 4.28. The Morgan fingerprint density at radius 2 is 1.86 bits per heavy atom. The maximum absolute atomic E-state index is 9.61. The average molecular weight is 166 g/mol. The molecule has 0 amide bonds. The average Bonchev–Trinajstić information content (AvgIpc) is 1.38. The number of carbonyl (C=O) groups is 1. The Hall–Kier alpha value is 0.363. The fraction of sp³-hybridized carbons (Fsp3) is 0. The Morgan fingerprint density at radius 3 is 1.86 bits per heavy atom. The minimum Gasteiger partial charge on any atom is -0.302 e. The maximum atomic E-state index is 9.61. The van der Waals surface area contributed by atoms with Crippen LogP contribution in [0, 0.1) is 0 Å². The molecule has 7 heavy (non-hydrogen) atoms. The van der Waals surface area contributed by atoms with Crippen LogP contribution >= 0.6 is 0 Å². The van der Waals surface area contributed by atoms with Crippen LogP contribution in [0.4, 0.5) is 0 Å². The second-order valence-electron chi connectivity index (χ2n) is 0.568. The van der Waals surface area contributed by atoms with Crippen LogP contribution in [-0.2, 0) is 21.9 Å². The van der Waals surface area contributed by atoms with Gasteiger partial charge in [-0.15, -0.1) is 0 Å². The van der Waals surface area contributed by atoms with E-state index in [1.807, 2.05) is 0 Å². The number of rotatable bonds is 1. The molecule has 0 atom stereocenters. The van der Waals surface area contributed by atoms with E-state index in [9.17, 15) is 4.79 Å². The first-order chi connectivity index (χ1) is 2.27. The molecular weight excluding hydrogens is 163 g/mol. The van der Waals surface area contributed by atoms with Gasteiger partial charge >= 0.3 is 0 Å². The van der Waals surface area contributed by atoms with Crippen molar-refractivity contribution in [1.29, 1.82) is 0 Å². The van der Waals surface area contributed by atoms with Crippen molar-refractivity contribution in [2.24, 2.45) is 0 Å². The van der Waals surface area contributed by atoms with E-state index < -0.39 is 0 Å². The van der Waals surface area contributed by atoms with Crippen LogP contribution in [0.25, 0.3) is 0 Å². The van der Waals surface area contributed by atoms with Gasteiger partial charge in [0, 0.05) is 28.0 Å². The molecule has 0 unspecified atom stereocenters. The molecule has 0 heterocycles. The van der Waals surface area contributed by atoms with E-state index in [1.54, 1.807) is 0 Å². The topological polar surface area (TPSA) is 17.1 Å². The summed E-state index contributed by atoms with van der Waals surface area (Å²) in [7, 11) is 2.66. The minimum atomic E-state index is -0.176. The SMILES string of the molecule is C=CC(=O)[Si].[Mn].[Si]. The minimum absolute atomic E-state index is 0. The molecule has 0 saturated carbocycles. The van der Waals surface area contributed by atoms with Gasteiger partial charge in [0.25, 0.3) is 0 Å². The van der Waals surface area contributed by atoms with Crippen LogP contribution in [0.1, 0.15) is 0 Å². The number of hydrogen-bond acceptors (Lipinski definition) is 1. The van der Waals surface area contributed by atoms with E-state index in [4.69, 9.17) is 0 Å². The molecule has 0 spiro atoms. The van der Waals surface area contributed by atoms with E-state index in [0.29, 0.717) is 0 Å². The molecule has 0 saturated heterocycles. The Kier molecular flexibility index (Phi) is 21.5. The van der Waals surface area contributed by atoms with Gasteiger partial charge in [-0.1, -0.05) is 6.58 Å². The van der Waals surface area contributed by atoms with Gasteiger partial charge in [0.15, 0.2) is 0 Å². The fourth-order valence-corrected chi connectivity index (χ4v) is 0. The van der Waals surface area contributed by atoms with Crippen LogP contribution in [0.3, 0.4) is 0 Å². The van der Waals surface area contributed by atoms with Crippen LogP contribution in [0.2, 0.25) is 0 Å². The molecule has 0 aromatic carbocycles. The molecule has 0 aromatic heterocycles. The molecule has 36 valence electrons. The smallest absolute Gasteiger partial charge is 0.132 e. The number of allylic oxidation sites excluding steroid dienone is 1. The quantitative estimate of drug-likeness (QED) is 0.378. The normalized spacial score (nSPS) is 4.71. The van der Waals surface area contributed by atoms with Crippen LogP contribution in [0.5, 0.6) is 0 Å². The zero-order valence-electron chi connectivity index (χ0n) is 3.57. The van der Waals surface area contributed by atoms with Gasteiger partial charge in [-0.05, 0) is 6.08 Å². The largest absolute Gasteiger partial charge is 0.302 e. The molecule has 8 radical (unpaired) electrons. The third-order valence-corrected chi connectivity index (χ3v) is 0.390. The first kappa shape index (κ1) is 15.7. The molecule has 0 aliphatic rings. The summed E-state index contributed by atoms with van der Waals surface area (Å²) < 4.78 is 0. The van der Waals surface area contributed by atoms with Gasteiger partial charge in [-0.25, -0.2) is 0 Å². The molecule has 0 bridgehead atoms. The van der Waals surface area contributed by atoms with Gasteiger partial charge in [0.1, 0.15) is 15.6 Å². The number of hydrogen-bond donors (Lipinski definition) is 0. The van der Waals surface area contributed by atoms with E-state index in [2.05, 4.69) is 16.8 Å². The third-order valence-electron chi connectivity index (χ3n) is 0.185. The summed E-state index contributed by atoms with van der Waals surface area (Å²) in [6.45, 7) is 3.16. The maximum Gasteiger partial charge on any atom is 0.132 e. The van der Waals surface area contributed by atoms with E-state index in [0.717, 1.165) is 0 Å². The molecule has 0 aliphatic carbocycles. The zero-order valence-corrected chi connectivity index (χ0v) is 6.75. The fourth-order valence-electron chi connectivity index (χ4n) is 0. The Bertz CT molecular complexity index is 64.0. The van der Waals surface area contributed by atoms with Crippen molar-refractivity contribution in [3.05, 3.63) is 12.7 Å². The van der Waals surface area contributed by atoms with E-state index >= 15 is 0 Å². The molecule has 0 aliphatic heterocycles. The first-order valence-corrected chi connectivity index (χ1v) is 1.65. The molecule has 0 N–H and O–H groups in total. The molecular formula is C3H3MnOSi2. The van der Waals surface area contributed by atoms with Gasteiger partial charge in [0.2, 0.25) is 0 Å². The molecule has 1 nitrogen and oxygen atoms in total. The van der Waals surface area contributed by atoms with E-state index in [-0.39, 0.29) is 33.4 Å². The summed E-state index contributed by atoms with van der Waals surface area (Å²) in [4.78, 5) is 9.61. The van der Waals surface area contributed by atoms with Crippen molar-refractivity contribution in [3.63, 3.8) is 0 Å². The van der Waals surface area contributed by atoms with Crippen molar-refractivity contribution in [3.8, 4) is 0 Å². The Labute approximate surface area is 61.5 Å². The summed E-state index contributed by atoms with van der Waals surface area (Å²) in [5.74, 6) is 0. The van der Waals surface area contributed by atoms with Crippen LogP contribution in [0.15, 0.2) is 12.7 Å². The molecule has 0 aromatic rings. The number of carbonyl (C=O) groups excluding carboxylic acids is 1. The van der Waals surface area contributed by atoms with Crippen molar-refractivity contribution in [1.82, 2.24) is 0 Å². The van der Waals surface area contributed by atoms with Crippen molar-refractivity contribution in [2.75, 3.05) is 0 Å². The van der Waals surface area contributed by atoms with Crippen molar-refractivity contribution in [2.45, 2.75) is 0 Å². The predicted octanol–water partition coefficient (Wildman–Crippen LogP) is -0.516. The van der Waals surface area contributed by atoms with Gasteiger partial charge < -0.3 is 4.79 Å². The Morgan fingerprint density at radius 1 is 1.71 bits per heavy atom. The van der Waals surface area contributed by atoms with Crippen molar-refractivity contribution < 1.29 is 21.9 Å². The predicted molar refractivity (Wildman–Crippen MR) is 26.7 cm³/mol. The summed E-state index contributed by atoms with van der Waals surface area (Å²) in [6.07, 6.45) is 1.19.